The molecule has 0 atom stereocenters. The summed E-state index contributed by atoms with van der Waals surface area (Å²) in [7, 11) is 0. The number of nitrogens with zero attached hydrogens (tertiary/aromatic N) is 4. The van der Waals surface area contributed by atoms with Crippen LogP contribution < -0.4 is 5.32 Å². The van der Waals surface area contributed by atoms with Crippen molar-refractivity contribution >= 4 is 40.2 Å². The fourth-order valence-corrected chi connectivity index (χ4v) is 4.13. The van der Waals surface area contributed by atoms with E-state index in [0.29, 0.717) is 16.7 Å². The summed E-state index contributed by atoms with van der Waals surface area (Å²) < 4.78 is 1.68. The normalized spacial score (nSPS) is 11.2. The molecular weight excluding hydrogens is 420 g/mol. The molecule has 1 amide bonds. The van der Waals surface area contributed by atoms with Crippen LogP contribution in [0.3, 0.4) is 0 Å². The Morgan fingerprint density at radius 2 is 2.10 bits per heavy atom. The Labute approximate surface area is 183 Å². The van der Waals surface area contributed by atoms with Crippen LogP contribution in [0.1, 0.15) is 16.7 Å². The van der Waals surface area contributed by atoms with Gasteiger partial charge in [0.1, 0.15) is 0 Å². The first kappa shape index (κ1) is 20.4. The molecule has 2 heterocycles. The standard InChI is InChI=1S/C21H21ClN6OS/c1-13-3-4-14(2)19(9-13)28-21(25-26-27-28)30-12-20(29)23-8-7-15-11-24-18-6-5-16(22)10-17(15)18/h3-6,9-11,24H,7-8,12H2,1-2H3,(H,23,29). The van der Waals surface area contributed by atoms with E-state index < -0.39 is 0 Å². The lowest BCUT2D eigenvalue weighted by atomic mass is 10.1. The third kappa shape index (κ3) is 4.49. The third-order valence-electron chi connectivity index (χ3n) is 4.81. The molecule has 30 heavy (non-hydrogen) atoms. The monoisotopic (exact) mass is 440 g/mol. The fourth-order valence-electron chi connectivity index (χ4n) is 3.24. The Balaban J connectivity index is 1.33. The maximum Gasteiger partial charge on any atom is 0.230 e. The Kier molecular flexibility index (Phi) is 6.06. The van der Waals surface area contributed by atoms with Gasteiger partial charge in [-0.25, -0.2) is 0 Å². The molecule has 0 unspecified atom stereocenters. The molecule has 2 aromatic carbocycles. The lowest BCUT2D eigenvalue weighted by Gasteiger charge is -2.09. The molecule has 0 aliphatic heterocycles. The largest absolute Gasteiger partial charge is 0.361 e. The highest BCUT2D eigenvalue weighted by Gasteiger charge is 2.13. The Hall–Kier alpha value is -2.84. The van der Waals surface area contributed by atoms with E-state index in [-0.39, 0.29) is 11.7 Å². The van der Waals surface area contributed by atoms with Gasteiger partial charge >= 0.3 is 0 Å². The number of rotatable bonds is 7. The van der Waals surface area contributed by atoms with Crippen molar-refractivity contribution in [3.63, 3.8) is 0 Å². The van der Waals surface area contributed by atoms with E-state index in [4.69, 9.17) is 11.6 Å². The zero-order valence-electron chi connectivity index (χ0n) is 16.6. The highest BCUT2D eigenvalue weighted by Crippen LogP contribution is 2.23. The number of tetrazole rings is 1. The predicted molar refractivity (Wildman–Crippen MR) is 119 cm³/mol. The molecule has 154 valence electrons. The summed E-state index contributed by atoms with van der Waals surface area (Å²) in [5.74, 6) is 0.179. The Morgan fingerprint density at radius 1 is 1.23 bits per heavy atom. The van der Waals surface area contributed by atoms with E-state index >= 15 is 0 Å². The van der Waals surface area contributed by atoms with Crippen molar-refractivity contribution < 1.29 is 4.79 Å². The maximum absolute atomic E-state index is 12.3. The van der Waals surface area contributed by atoms with Crippen molar-refractivity contribution in [3.05, 3.63) is 64.3 Å². The average molecular weight is 441 g/mol. The van der Waals surface area contributed by atoms with E-state index in [1.54, 1.807) is 4.68 Å². The number of aromatic amines is 1. The second-order valence-electron chi connectivity index (χ2n) is 7.06. The molecule has 4 aromatic rings. The van der Waals surface area contributed by atoms with Crippen LogP contribution in [-0.4, -0.2) is 43.4 Å². The second kappa shape index (κ2) is 8.89. The molecule has 0 aliphatic carbocycles. The van der Waals surface area contributed by atoms with Crippen molar-refractivity contribution in [1.29, 1.82) is 0 Å². The van der Waals surface area contributed by atoms with Gasteiger partial charge in [0.15, 0.2) is 0 Å². The quantitative estimate of drug-likeness (QED) is 0.426. The molecule has 0 bridgehead atoms. The zero-order chi connectivity index (χ0) is 21.1. The lowest BCUT2D eigenvalue weighted by molar-refractivity contribution is -0.118. The summed E-state index contributed by atoms with van der Waals surface area (Å²) >= 11 is 7.41. The van der Waals surface area contributed by atoms with Crippen molar-refractivity contribution in [2.24, 2.45) is 0 Å². The third-order valence-corrected chi connectivity index (χ3v) is 5.97. The number of halogens is 1. The van der Waals surface area contributed by atoms with Gasteiger partial charge in [0.25, 0.3) is 0 Å². The number of amides is 1. The van der Waals surface area contributed by atoms with Gasteiger partial charge < -0.3 is 10.3 Å². The summed E-state index contributed by atoms with van der Waals surface area (Å²) in [4.78, 5) is 15.5. The van der Waals surface area contributed by atoms with E-state index in [2.05, 4.69) is 25.8 Å². The summed E-state index contributed by atoms with van der Waals surface area (Å²) in [6.45, 7) is 4.57. The van der Waals surface area contributed by atoms with E-state index in [9.17, 15) is 4.79 Å². The number of fused-ring (bicyclic) bond motifs is 1. The first-order chi connectivity index (χ1) is 14.5. The summed E-state index contributed by atoms with van der Waals surface area (Å²) in [6, 6.07) is 11.9. The van der Waals surface area contributed by atoms with Crippen molar-refractivity contribution in [2.75, 3.05) is 12.3 Å². The molecule has 0 spiro atoms. The first-order valence-corrected chi connectivity index (χ1v) is 10.9. The molecule has 0 saturated heterocycles. The highest BCUT2D eigenvalue weighted by atomic mass is 35.5. The minimum absolute atomic E-state index is 0.0617. The van der Waals surface area contributed by atoms with Crippen LogP contribution in [-0.2, 0) is 11.2 Å². The van der Waals surface area contributed by atoms with Crippen molar-refractivity contribution in [3.8, 4) is 5.69 Å². The van der Waals surface area contributed by atoms with Gasteiger partial charge in [0, 0.05) is 28.7 Å². The van der Waals surface area contributed by atoms with Crippen LogP contribution in [0.15, 0.2) is 47.8 Å². The molecular formula is C21H21ClN6OS. The number of aromatic nitrogens is 5. The topological polar surface area (TPSA) is 88.5 Å². The van der Waals surface area contributed by atoms with Crippen LogP contribution in [0, 0.1) is 13.8 Å². The number of thioether (sulfide) groups is 1. The molecule has 0 radical (unpaired) electrons. The van der Waals surface area contributed by atoms with Crippen molar-refractivity contribution in [1.82, 2.24) is 30.5 Å². The SMILES string of the molecule is Cc1ccc(C)c(-n2nnnc2SCC(=O)NCCc2c[nH]c3ccc(Cl)cc23)c1. The van der Waals surface area contributed by atoms with Gasteiger partial charge in [-0.3, -0.25) is 4.79 Å². The summed E-state index contributed by atoms with van der Waals surface area (Å²) in [6.07, 6.45) is 2.68. The van der Waals surface area contributed by atoms with E-state index in [1.807, 2.05) is 56.4 Å². The van der Waals surface area contributed by atoms with Crippen LogP contribution in [0.5, 0.6) is 0 Å². The van der Waals surface area contributed by atoms with Gasteiger partial charge in [-0.1, -0.05) is 35.5 Å². The van der Waals surface area contributed by atoms with Gasteiger partial charge in [-0.05, 0) is 71.7 Å². The molecule has 7 nitrogen and oxygen atoms in total. The highest BCUT2D eigenvalue weighted by molar-refractivity contribution is 7.99. The smallest absolute Gasteiger partial charge is 0.230 e. The maximum atomic E-state index is 12.3. The van der Waals surface area contributed by atoms with E-state index in [0.717, 1.165) is 39.7 Å². The molecule has 2 aromatic heterocycles. The number of H-pyrrole nitrogens is 1. The second-order valence-corrected chi connectivity index (χ2v) is 8.43. The first-order valence-electron chi connectivity index (χ1n) is 9.52. The van der Waals surface area contributed by atoms with Gasteiger partial charge in [0.05, 0.1) is 11.4 Å². The molecule has 0 aliphatic rings. The number of benzene rings is 2. The summed E-state index contributed by atoms with van der Waals surface area (Å²) in [5, 5.41) is 17.3. The van der Waals surface area contributed by atoms with Crippen molar-refractivity contribution in [2.45, 2.75) is 25.4 Å². The van der Waals surface area contributed by atoms with Gasteiger partial charge in [-0.15, -0.1) is 5.10 Å². The number of aryl methyl sites for hydroxylation is 2. The Morgan fingerprint density at radius 3 is 2.97 bits per heavy atom. The molecule has 0 fully saturated rings. The minimum atomic E-state index is -0.0617. The van der Waals surface area contributed by atoms with Gasteiger partial charge in [-0.2, -0.15) is 4.68 Å². The number of carbonyl (C=O) groups is 1. The number of hydrogen-bond donors (Lipinski definition) is 2. The van der Waals surface area contributed by atoms with Crippen LogP contribution in [0.4, 0.5) is 0 Å². The summed E-state index contributed by atoms with van der Waals surface area (Å²) in [5.41, 5.74) is 5.27. The fraction of sp³-hybridized carbons (Fsp3) is 0.238. The minimum Gasteiger partial charge on any atom is -0.361 e. The van der Waals surface area contributed by atoms with Gasteiger partial charge in [0.2, 0.25) is 11.1 Å². The van der Waals surface area contributed by atoms with Crippen LogP contribution in [0.25, 0.3) is 16.6 Å². The molecule has 4 rings (SSSR count). The van der Waals surface area contributed by atoms with Crippen LogP contribution >= 0.6 is 23.4 Å². The number of hydrogen-bond acceptors (Lipinski definition) is 5. The average Bonchev–Trinajstić information content (AvgIpc) is 3.35. The number of carbonyl (C=O) groups excluding carboxylic acids is 1. The molecule has 2 N–H and O–H groups in total. The zero-order valence-corrected chi connectivity index (χ0v) is 18.2. The predicted octanol–water partition coefficient (Wildman–Crippen LogP) is 3.86. The number of nitrogens with one attached hydrogen (secondary N) is 2. The molecule has 0 saturated carbocycles. The van der Waals surface area contributed by atoms with Crippen LogP contribution in [0.2, 0.25) is 5.02 Å². The lowest BCUT2D eigenvalue weighted by Crippen LogP contribution is -2.27. The Bertz CT molecular complexity index is 1200. The molecule has 9 heteroatoms. The van der Waals surface area contributed by atoms with E-state index in [1.165, 1.54) is 11.8 Å².